The molecule has 1 N–H and O–H groups in total. The summed E-state index contributed by atoms with van der Waals surface area (Å²) in [7, 11) is -1.46. The maximum atomic E-state index is 12.3. The third kappa shape index (κ3) is 4.04. The van der Waals surface area contributed by atoms with Gasteiger partial charge in [-0.25, -0.2) is 13.8 Å². The molecule has 0 aliphatic rings. The molecule has 0 saturated carbocycles. The largest absolute Gasteiger partial charge is 0.350 e. The number of sulfone groups is 1. The monoisotopic (exact) mass is 335 g/mol. The predicted molar refractivity (Wildman–Crippen MR) is 88.2 cm³/mol. The minimum Gasteiger partial charge on any atom is -0.350 e. The van der Waals surface area contributed by atoms with Crippen LogP contribution in [-0.4, -0.2) is 42.4 Å². The fourth-order valence-corrected chi connectivity index (χ4v) is 3.08. The van der Waals surface area contributed by atoms with Crippen molar-refractivity contribution in [1.82, 2.24) is 9.99 Å². The first-order valence-electron chi connectivity index (χ1n) is 6.78. The molecule has 0 spiro atoms. The third-order valence-electron chi connectivity index (χ3n) is 3.17. The molecule has 2 rings (SSSR count). The van der Waals surface area contributed by atoms with Crippen molar-refractivity contribution in [3.8, 4) is 0 Å². The second kappa shape index (κ2) is 6.33. The molecule has 0 bridgehead atoms. The number of aryl methyl sites for hydroxylation is 1. The van der Waals surface area contributed by atoms with Crippen LogP contribution in [0.5, 0.6) is 0 Å². The Balaban J connectivity index is 2.20. The number of amides is 1. The van der Waals surface area contributed by atoms with Crippen LogP contribution < -0.4 is 5.43 Å². The van der Waals surface area contributed by atoms with E-state index in [1.807, 2.05) is 12.1 Å². The van der Waals surface area contributed by atoms with Gasteiger partial charge < -0.3 is 4.57 Å². The van der Waals surface area contributed by atoms with E-state index in [1.165, 1.54) is 6.92 Å². The Kier molecular flexibility index (Phi) is 4.65. The molecule has 1 aromatic carbocycles. The zero-order chi connectivity index (χ0) is 17.2. The molecular weight excluding hydrogens is 318 g/mol. The lowest BCUT2D eigenvalue weighted by molar-refractivity contribution is -0.116. The van der Waals surface area contributed by atoms with Gasteiger partial charge in [0.15, 0.2) is 9.84 Å². The zero-order valence-corrected chi connectivity index (χ0v) is 13.8. The standard InChI is InChI=1S/C15H17N3O4S/c1-10(9-23(3,21)22)16-17-15(20)14(19)12-8-18(2)13-7-5-4-6-11(12)13/h4-8H,9H2,1-3H3,(H,17,20). The number of nitrogens with one attached hydrogen (secondary N) is 1. The number of fused-ring (bicyclic) bond motifs is 1. The molecule has 0 aliphatic heterocycles. The molecule has 0 saturated heterocycles. The van der Waals surface area contributed by atoms with Crippen LogP contribution in [0.1, 0.15) is 17.3 Å². The number of hydrogen-bond acceptors (Lipinski definition) is 5. The summed E-state index contributed by atoms with van der Waals surface area (Å²) in [6.07, 6.45) is 2.65. The molecule has 0 atom stereocenters. The van der Waals surface area contributed by atoms with Crippen molar-refractivity contribution in [3.63, 3.8) is 0 Å². The lowest BCUT2D eigenvalue weighted by Crippen LogP contribution is -2.28. The summed E-state index contributed by atoms with van der Waals surface area (Å²) >= 11 is 0. The van der Waals surface area contributed by atoms with E-state index in [4.69, 9.17) is 0 Å². The SMILES string of the molecule is CC(CS(C)(=O)=O)=NNC(=O)C(=O)c1cn(C)c2ccccc12. The number of hydrogen-bond donors (Lipinski definition) is 1. The van der Waals surface area contributed by atoms with Gasteiger partial charge in [-0.3, -0.25) is 9.59 Å². The van der Waals surface area contributed by atoms with Crippen molar-refractivity contribution in [2.45, 2.75) is 6.92 Å². The van der Waals surface area contributed by atoms with E-state index in [2.05, 4.69) is 10.5 Å². The van der Waals surface area contributed by atoms with E-state index >= 15 is 0 Å². The highest BCUT2D eigenvalue weighted by Crippen LogP contribution is 2.20. The smallest absolute Gasteiger partial charge is 0.312 e. The summed E-state index contributed by atoms with van der Waals surface area (Å²) in [5.74, 6) is -1.91. The van der Waals surface area contributed by atoms with Gasteiger partial charge in [0.25, 0.3) is 5.78 Å². The van der Waals surface area contributed by atoms with E-state index in [-0.39, 0.29) is 17.0 Å². The minimum atomic E-state index is -3.24. The summed E-state index contributed by atoms with van der Waals surface area (Å²) in [5.41, 5.74) is 3.41. The van der Waals surface area contributed by atoms with Gasteiger partial charge in [0, 0.05) is 30.4 Å². The van der Waals surface area contributed by atoms with Gasteiger partial charge in [-0.15, -0.1) is 0 Å². The third-order valence-corrected chi connectivity index (χ3v) is 4.11. The zero-order valence-electron chi connectivity index (χ0n) is 13.0. The molecular formula is C15H17N3O4S. The Labute approximate surface area is 133 Å². The molecule has 2 aromatic rings. The Morgan fingerprint density at radius 3 is 2.57 bits per heavy atom. The highest BCUT2D eigenvalue weighted by atomic mass is 32.2. The van der Waals surface area contributed by atoms with Gasteiger partial charge in [-0.1, -0.05) is 18.2 Å². The van der Waals surface area contributed by atoms with Crippen molar-refractivity contribution in [2.75, 3.05) is 12.0 Å². The van der Waals surface area contributed by atoms with Gasteiger partial charge in [-0.2, -0.15) is 5.10 Å². The maximum Gasteiger partial charge on any atom is 0.312 e. The van der Waals surface area contributed by atoms with E-state index in [9.17, 15) is 18.0 Å². The van der Waals surface area contributed by atoms with E-state index < -0.39 is 21.5 Å². The molecule has 1 aromatic heterocycles. The van der Waals surface area contributed by atoms with Crippen LogP contribution in [-0.2, 0) is 21.7 Å². The number of ketones is 1. The van der Waals surface area contributed by atoms with Crippen LogP contribution in [0, 0.1) is 0 Å². The molecule has 122 valence electrons. The number of rotatable bonds is 5. The second-order valence-corrected chi connectivity index (χ2v) is 7.50. The molecule has 0 fully saturated rings. The maximum absolute atomic E-state index is 12.3. The first kappa shape index (κ1) is 16.9. The van der Waals surface area contributed by atoms with Crippen molar-refractivity contribution < 1.29 is 18.0 Å². The molecule has 8 heteroatoms. The van der Waals surface area contributed by atoms with Crippen LogP contribution in [0.4, 0.5) is 0 Å². The summed E-state index contributed by atoms with van der Waals surface area (Å²) in [6, 6.07) is 7.23. The van der Waals surface area contributed by atoms with Gasteiger partial charge in [0.05, 0.1) is 17.0 Å². The molecule has 0 unspecified atom stereocenters. The van der Waals surface area contributed by atoms with Crippen LogP contribution >= 0.6 is 0 Å². The predicted octanol–water partition coefficient (Wildman–Crippen LogP) is 0.898. The highest BCUT2D eigenvalue weighted by molar-refractivity contribution is 7.91. The second-order valence-electron chi connectivity index (χ2n) is 5.36. The van der Waals surface area contributed by atoms with Crippen molar-refractivity contribution in [2.24, 2.45) is 12.1 Å². The first-order chi connectivity index (χ1) is 10.7. The molecule has 7 nitrogen and oxygen atoms in total. The summed E-state index contributed by atoms with van der Waals surface area (Å²) in [5, 5.41) is 4.33. The van der Waals surface area contributed by atoms with Gasteiger partial charge >= 0.3 is 5.91 Å². The molecule has 1 heterocycles. The number of carbonyl (C=O) groups excluding carboxylic acids is 2. The fraction of sp³-hybridized carbons (Fsp3) is 0.267. The Morgan fingerprint density at radius 1 is 1.26 bits per heavy atom. The summed E-state index contributed by atoms with van der Waals surface area (Å²) in [6.45, 7) is 1.46. The Hall–Kier alpha value is -2.48. The van der Waals surface area contributed by atoms with Crippen molar-refractivity contribution in [1.29, 1.82) is 0 Å². The Morgan fingerprint density at radius 2 is 1.91 bits per heavy atom. The summed E-state index contributed by atoms with van der Waals surface area (Å²) < 4.78 is 24.0. The van der Waals surface area contributed by atoms with Crippen LogP contribution in [0.2, 0.25) is 0 Å². The molecule has 0 radical (unpaired) electrons. The summed E-state index contributed by atoms with van der Waals surface area (Å²) in [4.78, 5) is 24.2. The quantitative estimate of drug-likeness (QED) is 0.380. The van der Waals surface area contributed by atoms with Crippen molar-refractivity contribution >= 4 is 38.1 Å². The number of para-hydroxylation sites is 1. The van der Waals surface area contributed by atoms with E-state index in [0.717, 1.165) is 11.8 Å². The van der Waals surface area contributed by atoms with E-state index in [1.54, 1.807) is 29.9 Å². The van der Waals surface area contributed by atoms with Crippen molar-refractivity contribution in [3.05, 3.63) is 36.0 Å². The lowest BCUT2D eigenvalue weighted by atomic mass is 10.1. The Bertz CT molecular complexity index is 910. The lowest BCUT2D eigenvalue weighted by Gasteiger charge is -2.01. The topological polar surface area (TPSA) is 97.6 Å². The average molecular weight is 335 g/mol. The van der Waals surface area contributed by atoms with E-state index in [0.29, 0.717) is 5.39 Å². The normalized spacial score (nSPS) is 12.4. The van der Waals surface area contributed by atoms with Crippen LogP contribution in [0.15, 0.2) is 35.6 Å². The number of hydrazone groups is 1. The fourth-order valence-electron chi connectivity index (χ4n) is 2.25. The van der Waals surface area contributed by atoms with Crippen LogP contribution in [0.3, 0.4) is 0 Å². The van der Waals surface area contributed by atoms with Gasteiger partial charge in [0.1, 0.15) is 0 Å². The minimum absolute atomic E-state index is 0.201. The van der Waals surface area contributed by atoms with Gasteiger partial charge in [-0.05, 0) is 13.0 Å². The number of Topliss-reactive ketones (excluding diaryl/α,β-unsaturated/α-hetero) is 1. The number of nitrogens with zero attached hydrogens (tertiary/aromatic N) is 2. The molecule has 23 heavy (non-hydrogen) atoms. The first-order valence-corrected chi connectivity index (χ1v) is 8.84. The van der Waals surface area contributed by atoms with Gasteiger partial charge in [0.2, 0.25) is 0 Å². The molecule has 1 amide bonds. The number of carbonyl (C=O) groups is 2. The van der Waals surface area contributed by atoms with Crippen LogP contribution in [0.25, 0.3) is 10.9 Å². The highest BCUT2D eigenvalue weighted by Gasteiger charge is 2.20. The molecule has 0 aliphatic carbocycles. The average Bonchev–Trinajstić information content (AvgIpc) is 2.80. The number of benzene rings is 1. The number of aromatic nitrogens is 1.